The highest BCUT2D eigenvalue weighted by atomic mass is 79.9. The maximum absolute atomic E-state index is 4.36. The van der Waals surface area contributed by atoms with Crippen LogP contribution in [0.15, 0.2) is 47.7 Å². The minimum Gasteiger partial charge on any atom is -0.291 e. The molecule has 0 radical (unpaired) electrons. The Morgan fingerprint density at radius 1 is 1.06 bits per heavy atom. The van der Waals surface area contributed by atoms with Gasteiger partial charge in [0.25, 0.3) is 0 Å². The zero-order valence-electron chi connectivity index (χ0n) is 8.21. The van der Waals surface area contributed by atoms with Crippen molar-refractivity contribution in [2.24, 2.45) is 0 Å². The molecule has 0 amide bonds. The number of rotatable bonds is 1. The minimum atomic E-state index is 0.824. The van der Waals surface area contributed by atoms with Crippen molar-refractivity contribution in [1.82, 2.24) is 19.4 Å². The molecular weight excluding hydrogens is 268 g/mol. The molecule has 0 spiro atoms. The lowest BCUT2D eigenvalue weighted by Crippen LogP contribution is -1.90. The van der Waals surface area contributed by atoms with Crippen LogP contribution in [0.1, 0.15) is 0 Å². The van der Waals surface area contributed by atoms with Gasteiger partial charge < -0.3 is 0 Å². The molecule has 0 aliphatic rings. The third-order valence-corrected chi connectivity index (χ3v) is 2.91. The maximum Gasteiger partial charge on any atom is 0.156 e. The SMILES string of the molecule is Brc1cnc2cnc(-c3ccncc3)cn12. The van der Waals surface area contributed by atoms with Crippen molar-refractivity contribution in [3.63, 3.8) is 0 Å². The van der Waals surface area contributed by atoms with E-state index in [0.29, 0.717) is 0 Å². The van der Waals surface area contributed by atoms with Gasteiger partial charge in [0.1, 0.15) is 4.60 Å². The number of pyridine rings is 1. The first kappa shape index (κ1) is 9.47. The summed E-state index contributed by atoms with van der Waals surface area (Å²) in [4.78, 5) is 12.5. The number of hydrogen-bond acceptors (Lipinski definition) is 3. The summed E-state index contributed by atoms with van der Waals surface area (Å²) in [5, 5.41) is 0. The number of aromatic nitrogens is 4. The molecule has 0 saturated heterocycles. The lowest BCUT2D eigenvalue weighted by molar-refractivity contribution is 1.11. The average molecular weight is 275 g/mol. The Kier molecular flexibility index (Phi) is 2.18. The molecule has 4 nitrogen and oxygen atoms in total. The Balaban J connectivity index is 2.22. The lowest BCUT2D eigenvalue weighted by Gasteiger charge is -2.01. The summed E-state index contributed by atoms with van der Waals surface area (Å²) >= 11 is 3.43. The summed E-state index contributed by atoms with van der Waals surface area (Å²) in [6, 6.07) is 3.86. The molecule has 78 valence electrons. The Hall–Kier alpha value is -1.75. The van der Waals surface area contributed by atoms with E-state index in [4.69, 9.17) is 0 Å². The Morgan fingerprint density at radius 3 is 2.69 bits per heavy atom. The van der Waals surface area contributed by atoms with Crippen LogP contribution in [0.25, 0.3) is 16.9 Å². The summed E-state index contributed by atoms with van der Waals surface area (Å²) in [5.41, 5.74) is 2.76. The molecule has 0 N–H and O–H groups in total. The van der Waals surface area contributed by atoms with Crippen LogP contribution in [-0.4, -0.2) is 19.4 Å². The Bertz CT molecular complexity index is 633. The van der Waals surface area contributed by atoms with E-state index in [1.165, 1.54) is 0 Å². The molecule has 0 aromatic carbocycles. The minimum absolute atomic E-state index is 0.824. The number of halogens is 1. The van der Waals surface area contributed by atoms with Crippen molar-refractivity contribution in [1.29, 1.82) is 0 Å². The van der Waals surface area contributed by atoms with Gasteiger partial charge in [-0.15, -0.1) is 0 Å². The summed E-state index contributed by atoms with van der Waals surface area (Å²) < 4.78 is 2.86. The molecule has 0 saturated carbocycles. The van der Waals surface area contributed by atoms with Crippen molar-refractivity contribution in [2.75, 3.05) is 0 Å². The van der Waals surface area contributed by atoms with Gasteiger partial charge in [0.2, 0.25) is 0 Å². The first-order chi connectivity index (χ1) is 7.84. The van der Waals surface area contributed by atoms with E-state index in [0.717, 1.165) is 21.5 Å². The van der Waals surface area contributed by atoms with Crippen molar-refractivity contribution in [3.05, 3.63) is 47.7 Å². The van der Waals surface area contributed by atoms with Gasteiger partial charge in [0.05, 0.1) is 18.1 Å². The predicted molar refractivity (Wildman–Crippen MR) is 63.9 cm³/mol. The van der Waals surface area contributed by atoms with Crippen LogP contribution < -0.4 is 0 Å². The average Bonchev–Trinajstić information content (AvgIpc) is 2.72. The predicted octanol–water partition coefficient (Wildman–Crippen LogP) is 2.55. The normalized spacial score (nSPS) is 10.8. The molecule has 0 atom stereocenters. The molecule has 16 heavy (non-hydrogen) atoms. The first-order valence-electron chi connectivity index (χ1n) is 4.73. The van der Waals surface area contributed by atoms with E-state index in [-0.39, 0.29) is 0 Å². The fourth-order valence-corrected chi connectivity index (χ4v) is 1.92. The van der Waals surface area contributed by atoms with Gasteiger partial charge >= 0.3 is 0 Å². The second-order valence-electron chi connectivity index (χ2n) is 3.32. The molecule has 0 fully saturated rings. The number of fused-ring (bicyclic) bond motifs is 1. The smallest absolute Gasteiger partial charge is 0.156 e. The summed E-state index contributed by atoms with van der Waals surface area (Å²) in [7, 11) is 0. The second-order valence-corrected chi connectivity index (χ2v) is 4.13. The largest absolute Gasteiger partial charge is 0.291 e. The monoisotopic (exact) mass is 274 g/mol. The maximum atomic E-state index is 4.36. The van der Waals surface area contributed by atoms with Gasteiger partial charge in [-0.25, -0.2) is 4.98 Å². The molecule has 3 rings (SSSR count). The summed E-state index contributed by atoms with van der Waals surface area (Å²) in [6.45, 7) is 0. The van der Waals surface area contributed by atoms with Crippen LogP contribution in [-0.2, 0) is 0 Å². The zero-order valence-corrected chi connectivity index (χ0v) is 9.79. The molecule has 3 aromatic heterocycles. The highest BCUT2D eigenvalue weighted by molar-refractivity contribution is 9.10. The van der Waals surface area contributed by atoms with Crippen LogP contribution in [0, 0.1) is 0 Å². The molecule has 0 unspecified atom stereocenters. The van der Waals surface area contributed by atoms with Crippen molar-refractivity contribution in [3.8, 4) is 11.3 Å². The van der Waals surface area contributed by atoms with Crippen LogP contribution in [0.4, 0.5) is 0 Å². The van der Waals surface area contributed by atoms with Crippen LogP contribution in [0.2, 0.25) is 0 Å². The van der Waals surface area contributed by atoms with Gasteiger partial charge in [-0.2, -0.15) is 0 Å². The van der Waals surface area contributed by atoms with Gasteiger partial charge in [-0.05, 0) is 28.1 Å². The standard InChI is InChI=1S/C11H7BrN4/c12-10-5-15-11-6-14-9(7-16(10)11)8-1-3-13-4-2-8/h1-7H. The summed E-state index contributed by atoms with van der Waals surface area (Å²) in [6.07, 6.45) is 8.96. The lowest BCUT2D eigenvalue weighted by atomic mass is 10.2. The van der Waals surface area contributed by atoms with Crippen molar-refractivity contribution in [2.45, 2.75) is 0 Å². The molecule has 0 bridgehead atoms. The Labute approximate surface area is 100 Å². The van der Waals surface area contributed by atoms with Gasteiger partial charge in [0.15, 0.2) is 5.65 Å². The van der Waals surface area contributed by atoms with E-state index in [1.807, 2.05) is 22.7 Å². The van der Waals surface area contributed by atoms with Gasteiger partial charge in [0, 0.05) is 24.2 Å². The number of hydrogen-bond donors (Lipinski definition) is 0. The third kappa shape index (κ3) is 1.49. The topological polar surface area (TPSA) is 43.1 Å². The molecule has 3 aromatic rings. The van der Waals surface area contributed by atoms with Gasteiger partial charge in [-0.3, -0.25) is 14.4 Å². The van der Waals surface area contributed by atoms with E-state index < -0.39 is 0 Å². The van der Waals surface area contributed by atoms with Crippen molar-refractivity contribution >= 4 is 21.6 Å². The number of nitrogens with zero attached hydrogens (tertiary/aromatic N) is 4. The van der Waals surface area contributed by atoms with Crippen LogP contribution >= 0.6 is 15.9 Å². The van der Waals surface area contributed by atoms with Crippen LogP contribution in [0.3, 0.4) is 0 Å². The van der Waals surface area contributed by atoms with Crippen molar-refractivity contribution < 1.29 is 0 Å². The zero-order chi connectivity index (χ0) is 11.0. The first-order valence-corrected chi connectivity index (χ1v) is 5.53. The van der Waals surface area contributed by atoms with E-state index in [1.54, 1.807) is 24.8 Å². The molecule has 0 aliphatic carbocycles. The van der Waals surface area contributed by atoms with E-state index >= 15 is 0 Å². The number of imidazole rings is 1. The second kappa shape index (κ2) is 3.68. The van der Waals surface area contributed by atoms with E-state index in [2.05, 4.69) is 30.9 Å². The third-order valence-electron chi connectivity index (χ3n) is 2.33. The highest BCUT2D eigenvalue weighted by Crippen LogP contribution is 2.18. The molecule has 3 heterocycles. The fourth-order valence-electron chi connectivity index (χ4n) is 1.53. The quantitative estimate of drug-likeness (QED) is 0.685. The van der Waals surface area contributed by atoms with Crippen LogP contribution in [0.5, 0.6) is 0 Å². The summed E-state index contributed by atoms with van der Waals surface area (Å²) in [5.74, 6) is 0. The molecular formula is C11H7BrN4. The molecule has 0 aliphatic heterocycles. The Morgan fingerprint density at radius 2 is 1.88 bits per heavy atom. The highest BCUT2D eigenvalue weighted by Gasteiger charge is 2.03. The molecule has 5 heteroatoms. The van der Waals surface area contributed by atoms with Gasteiger partial charge in [-0.1, -0.05) is 0 Å². The fraction of sp³-hybridized carbons (Fsp3) is 0. The van der Waals surface area contributed by atoms with E-state index in [9.17, 15) is 0 Å².